The summed E-state index contributed by atoms with van der Waals surface area (Å²) in [5, 5.41) is 21.4. The second kappa shape index (κ2) is 7.37. The molecule has 0 bridgehead atoms. The Morgan fingerprint density at radius 2 is 2.04 bits per heavy atom. The lowest BCUT2D eigenvalue weighted by molar-refractivity contribution is 0.279. The number of aromatic hydroxyl groups is 1. The van der Waals surface area contributed by atoms with Gasteiger partial charge in [0.2, 0.25) is 0 Å². The van der Waals surface area contributed by atoms with E-state index in [9.17, 15) is 5.11 Å². The summed E-state index contributed by atoms with van der Waals surface area (Å²) in [5.74, 6) is 1.26. The molecule has 1 aromatic carbocycles. The van der Waals surface area contributed by atoms with Crippen molar-refractivity contribution >= 4 is 5.57 Å². The van der Waals surface area contributed by atoms with Crippen LogP contribution in [0.5, 0.6) is 5.75 Å². The zero-order chi connectivity index (χ0) is 16.1. The molecule has 2 heterocycles. The summed E-state index contributed by atoms with van der Waals surface area (Å²) in [7, 11) is 0. The highest BCUT2D eigenvalue weighted by molar-refractivity contribution is 5.67. The Hall–Kier alpha value is -2.21. The molecule has 0 fully saturated rings. The Balaban J connectivity index is 1.60. The quantitative estimate of drug-likeness (QED) is 0.887. The number of aryl methyl sites for hydroxylation is 1. The number of phenolic OH excluding ortho intramolecular Hbond substituents is 1. The number of aromatic nitrogens is 4. The smallest absolute Gasteiger partial charge is 0.165 e. The van der Waals surface area contributed by atoms with E-state index in [1.807, 2.05) is 16.8 Å². The van der Waals surface area contributed by atoms with Crippen molar-refractivity contribution in [1.29, 1.82) is 0 Å². The van der Waals surface area contributed by atoms with E-state index in [2.05, 4.69) is 33.4 Å². The fourth-order valence-electron chi connectivity index (χ4n) is 2.81. The van der Waals surface area contributed by atoms with Crippen molar-refractivity contribution < 1.29 is 5.11 Å². The number of unbranched alkanes of at least 4 members (excludes halogenated alkanes) is 1. The van der Waals surface area contributed by atoms with Crippen molar-refractivity contribution in [2.24, 2.45) is 0 Å². The van der Waals surface area contributed by atoms with Crippen LogP contribution in [-0.4, -0.2) is 43.3 Å². The lowest BCUT2D eigenvalue weighted by Crippen LogP contribution is -2.29. The number of rotatable bonds is 6. The number of phenols is 1. The Bertz CT molecular complexity index is 662. The molecule has 23 heavy (non-hydrogen) atoms. The fourth-order valence-corrected chi connectivity index (χ4v) is 2.81. The minimum Gasteiger partial charge on any atom is -0.508 e. The molecule has 2 aromatic rings. The van der Waals surface area contributed by atoms with E-state index in [0.29, 0.717) is 5.75 Å². The van der Waals surface area contributed by atoms with Crippen LogP contribution in [0.25, 0.3) is 5.57 Å². The monoisotopic (exact) mass is 313 g/mol. The van der Waals surface area contributed by atoms with Gasteiger partial charge in [0.25, 0.3) is 0 Å². The predicted octanol–water partition coefficient (Wildman–Crippen LogP) is 2.47. The first-order valence-electron chi connectivity index (χ1n) is 8.22. The van der Waals surface area contributed by atoms with E-state index in [0.717, 1.165) is 51.3 Å². The van der Waals surface area contributed by atoms with Crippen LogP contribution < -0.4 is 0 Å². The summed E-state index contributed by atoms with van der Waals surface area (Å²) in [6, 6.07) is 7.43. The highest BCUT2D eigenvalue weighted by Gasteiger charge is 2.16. The van der Waals surface area contributed by atoms with Gasteiger partial charge < -0.3 is 5.11 Å². The average molecular weight is 313 g/mol. The van der Waals surface area contributed by atoms with Gasteiger partial charge in [-0.2, -0.15) is 0 Å². The van der Waals surface area contributed by atoms with Crippen molar-refractivity contribution in [3.63, 3.8) is 0 Å². The van der Waals surface area contributed by atoms with E-state index in [4.69, 9.17) is 0 Å². The van der Waals surface area contributed by atoms with Crippen LogP contribution >= 0.6 is 0 Å². The summed E-state index contributed by atoms with van der Waals surface area (Å²) in [5.41, 5.74) is 2.53. The SMILES string of the molecule is CCCCn1nnnc1CN1CC=C(c2ccc(O)cc2)CC1. The summed E-state index contributed by atoms with van der Waals surface area (Å²) < 4.78 is 1.92. The first kappa shape index (κ1) is 15.7. The van der Waals surface area contributed by atoms with Gasteiger partial charge in [-0.25, -0.2) is 4.68 Å². The molecule has 1 aliphatic rings. The van der Waals surface area contributed by atoms with Gasteiger partial charge in [-0.05, 0) is 46.5 Å². The average Bonchev–Trinajstić information content (AvgIpc) is 3.01. The Morgan fingerprint density at radius 1 is 1.22 bits per heavy atom. The maximum atomic E-state index is 9.38. The molecular weight excluding hydrogens is 290 g/mol. The van der Waals surface area contributed by atoms with E-state index in [-0.39, 0.29) is 0 Å². The summed E-state index contributed by atoms with van der Waals surface area (Å²) in [6.45, 7) is 5.74. The number of benzene rings is 1. The zero-order valence-electron chi connectivity index (χ0n) is 13.5. The second-order valence-electron chi connectivity index (χ2n) is 5.93. The first-order chi connectivity index (χ1) is 11.3. The molecule has 0 aliphatic carbocycles. The lowest BCUT2D eigenvalue weighted by atomic mass is 9.99. The lowest BCUT2D eigenvalue weighted by Gasteiger charge is -2.25. The molecule has 0 atom stereocenters. The topological polar surface area (TPSA) is 67.1 Å². The molecule has 6 nitrogen and oxygen atoms in total. The third-order valence-corrected chi connectivity index (χ3v) is 4.23. The standard InChI is InChI=1S/C17H23N5O/c1-2-3-10-22-17(18-19-20-22)13-21-11-8-15(9-12-21)14-4-6-16(23)7-5-14/h4-8,23H,2-3,9-13H2,1H3. The van der Waals surface area contributed by atoms with Gasteiger partial charge >= 0.3 is 0 Å². The highest BCUT2D eigenvalue weighted by Crippen LogP contribution is 2.24. The van der Waals surface area contributed by atoms with Crippen molar-refractivity contribution in [1.82, 2.24) is 25.1 Å². The van der Waals surface area contributed by atoms with Crippen LogP contribution in [0.3, 0.4) is 0 Å². The Morgan fingerprint density at radius 3 is 2.74 bits per heavy atom. The van der Waals surface area contributed by atoms with Gasteiger partial charge in [0.05, 0.1) is 6.54 Å². The molecular formula is C17H23N5O. The van der Waals surface area contributed by atoms with Crippen LogP contribution in [0.4, 0.5) is 0 Å². The minimum absolute atomic E-state index is 0.311. The fraction of sp³-hybridized carbons (Fsp3) is 0.471. The maximum absolute atomic E-state index is 9.38. The van der Waals surface area contributed by atoms with Gasteiger partial charge in [-0.15, -0.1) is 5.10 Å². The van der Waals surface area contributed by atoms with E-state index < -0.39 is 0 Å². The molecule has 1 aromatic heterocycles. The van der Waals surface area contributed by atoms with Crippen LogP contribution in [-0.2, 0) is 13.1 Å². The van der Waals surface area contributed by atoms with Gasteiger partial charge in [-0.3, -0.25) is 4.90 Å². The highest BCUT2D eigenvalue weighted by atomic mass is 16.3. The van der Waals surface area contributed by atoms with Crippen LogP contribution in [0.2, 0.25) is 0 Å². The largest absolute Gasteiger partial charge is 0.508 e. The van der Waals surface area contributed by atoms with Crippen molar-refractivity contribution in [2.75, 3.05) is 13.1 Å². The van der Waals surface area contributed by atoms with Crippen molar-refractivity contribution in [3.05, 3.63) is 41.7 Å². The van der Waals surface area contributed by atoms with Crippen molar-refractivity contribution in [2.45, 2.75) is 39.3 Å². The molecule has 0 radical (unpaired) electrons. The van der Waals surface area contributed by atoms with Gasteiger partial charge in [0.1, 0.15) is 5.75 Å². The van der Waals surface area contributed by atoms with E-state index in [1.165, 1.54) is 11.1 Å². The summed E-state index contributed by atoms with van der Waals surface area (Å²) >= 11 is 0. The number of nitrogens with zero attached hydrogens (tertiary/aromatic N) is 5. The number of hydrogen-bond donors (Lipinski definition) is 1. The molecule has 1 N–H and O–H groups in total. The minimum atomic E-state index is 0.311. The normalized spacial score (nSPS) is 15.6. The molecule has 0 spiro atoms. The van der Waals surface area contributed by atoms with Gasteiger partial charge in [0, 0.05) is 19.6 Å². The number of tetrazole rings is 1. The van der Waals surface area contributed by atoms with Gasteiger partial charge in [-0.1, -0.05) is 31.6 Å². The zero-order valence-corrected chi connectivity index (χ0v) is 13.5. The summed E-state index contributed by atoms with van der Waals surface area (Å²) in [4.78, 5) is 2.36. The predicted molar refractivity (Wildman–Crippen MR) is 88.7 cm³/mol. The number of hydrogen-bond acceptors (Lipinski definition) is 5. The third-order valence-electron chi connectivity index (χ3n) is 4.23. The van der Waals surface area contributed by atoms with Crippen molar-refractivity contribution in [3.8, 4) is 5.75 Å². The maximum Gasteiger partial charge on any atom is 0.165 e. The van der Waals surface area contributed by atoms with E-state index in [1.54, 1.807) is 12.1 Å². The van der Waals surface area contributed by atoms with Crippen LogP contribution in [0.1, 0.15) is 37.6 Å². The second-order valence-corrected chi connectivity index (χ2v) is 5.93. The van der Waals surface area contributed by atoms with Crippen LogP contribution in [0, 0.1) is 0 Å². The van der Waals surface area contributed by atoms with Crippen LogP contribution in [0.15, 0.2) is 30.3 Å². The van der Waals surface area contributed by atoms with E-state index >= 15 is 0 Å². The molecule has 1 aliphatic heterocycles. The summed E-state index contributed by atoms with van der Waals surface area (Å²) in [6.07, 6.45) is 5.50. The molecule has 0 saturated carbocycles. The first-order valence-corrected chi connectivity index (χ1v) is 8.22. The van der Waals surface area contributed by atoms with Gasteiger partial charge in [0.15, 0.2) is 5.82 Å². The molecule has 3 rings (SSSR count). The molecule has 6 heteroatoms. The Labute approximate surface area is 136 Å². The third kappa shape index (κ3) is 3.96. The Kier molecular flexibility index (Phi) is 5.02. The molecule has 122 valence electrons. The molecule has 0 unspecified atom stereocenters. The molecule has 0 amide bonds. The molecule has 0 saturated heterocycles.